The van der Waals surface area contributed by atoms with Crippen LogP contribution in [0.1, 0.15) is 46.9 Å². The molecule has 0 saturated carbocycles. The molecular formula is C41H46N6O3. The van der Waals surface area contributed by atoms with E-state index in [0.29, 0.717) is 26.1 Å². The minimum atomic E-state index is -0.608. The second kappa shape index (κ2) is 18.9. The van der Waals surface area contributed by atoms with Crippen LogP contribution in [0.15, 0.2) is 140 Å². The highest BCUT2D eigenvalue weighted by Crippen LogP contribution is 2.29. The average Bonchev–Trinajstić information content (AvgIpc) is 3.68. The standard InChI is InChI=1S/C41H46N6O3/c42-39(48)30-47(28-27-45-26-24-44-32-45)41(50)31-46(25-22-38(35-17-9-3-10-18-35)36-19-11-4-12-20-36)40(49)29-43-23-21-37(33-13-5-1-6-14-33)34-15-7-2-8-16-34/h1-20,24,26,32,37-38,43H,21-23,25,27-31H2,(H2,42,48). The second-order valence-electron chi connectivity index (χ2n) is 12.4. The van der Waals surface area contributed by atoms with E-state index in [9.17, 15) is 14.4 Å². The summed E-state index contributed by atoms with van der Waals surface area (Å²) >= 11 is 0. The van der Waals surface area contributed by atoms with Gasteiger partial charge in [0.25, 0.3) is 0 Å². The predicted octanol–water partition coefficient (Wildman–Crippen LogP) is 5.06. The molecule has 9 heteroatoms. The van der Waals surface area contributed by atoms with Gasteiger partial charge in [-0.05, 0) is 41.6 Å². The van der Waals surface area contributed by atoms with Gasteiger partial charge in [0.1, 0.15) is 0 Å². The first-order chi connectivity index (χ1) is 24.5. The molecule has 5 rings (SSSR count). The zero-order valence-electron chi connectivity index (χ0n) is 28.4. The van der Waals surface area contributed by atoms with E-state index < -0.39 is 5.91 Å². The Labute approximate surface area is 294 Å². The molecule has 4 aromatic carbocycles. The molecule has 0 saturated heterocycles. The normalized spacial score (nSPS) is 11.1. The molecule has 0 unspecified atom stereocenters. The van der Waals surface area contributed by atoms with E-state index in [1.165, 1.54) is 16.0 Å². The van der Waals surface area contributed by atoms with E-state index in [1.54, 1.807) is 23.6 Å². The third-order valence-corrected chi connectivity index (χ3v) is 8.95. The lowest BCUT2D eigenvalue weighted by molar-refractivity contribution is -0.141. The SMILES string of the molecule is NC(=O)CN(CCn1ccnc1)C(=O)CN(CCC(c1ccccc1)c1ccccc1)C(=O)CNCCC(c1ccccc1)c1ccccc1. The van der Waals surface area contributed by atoms with Gasteiger partial charge in [-0.15, -0.1) is 0 Å². The molecule has 258 valence electrons. The van der Waals surface area contributed by atoms with Crippen molar-refractivity contribution in [2.24, 2.45) is 5.73 Å². The molecular weight excluding hydrogens is 624 g/mol. The summed E-state index contributed by atoms with van der Waals surface area (Å²) in [5, 5.41) is 3.36. The number of amides is 3. The Bertz CT molecular complexity index is 1660. The molecule has 9 nitrogen and oxygen atoms in total. The van der Waals surface area contributed by atoms with Crippen LogP contribution in [0, 0.1) is 0 Å². The van der Waals surface area contributed by atoms with E-state index in [-0.39, 0.29) is 49.8 Å². The summed E-state index contributed by atoms with van der Waals surface area (Å²) in [6, 6.07) is 41.2. The molecule has 1 heterocycles. The quantitative estimate of drug-likeness (QED) is 0.119. The number of hydrogen-bond acceptors (Lipinski definition) is 5. The summed E-state index contributed by atoms with van der Waals surface area (Å²) in [4.78, 5) is 46.7. The van der Waals surface area contributed by atoms with Crippen molar-refractivity contribution in [3.05, 3.63) is 162 Å². The number of nitrogens with one attached hydrogen (secondary N) is 1. The van der Waals surface area contributed by atoms with Crippen molar-refractivity contribution in [1.82, 2.24) is 24.7 Å². The molecule has 50 heavy (non-hydrogen) atoms. The maximum absolute atomic E-state index is 13.9. The average molecular weight is 671 g/mol. The zero-order valence-corrected chi connectivity index (χ0v) is 28.4. The first kappa shape index (κ1) is 35.8. The van der Waals surface area contributed by atoms with Gasteiger partial charge < -0.3 is 25.4 Å². The minimum absolute atomic E-state index is 0.0243. The topological polar surface area (TPSA) is 114 Å². The number of aromatic nitrogens is 2. The Morgan fingerprint density at radius 3 is 1.58 bits per heavy atom. The van der Waals surface area contributed by atoms with Crippen LogP contribution in [0.3, 0.4) is 0 Å². The van der Waals surface area contributed by atoms with Crippen molar-refractivity contribution < 1.29 is 14.4 Å². The van der Waals surface area contributed by atoms with Crippen LogP contribution in [0.2, 0.25) is 0 Å². The molecule has 0 aliphatic carbocycles. The van der Waals surface area contributed by atoms with Gasteiger partial charge in [0.05, 0.1) is 26.0 Å². The molecule has 3 N–H and O–H groups in total. The number of nitrogens with two attached hydrogens (primary N) is 1. The maximum atomic E-state index is 13.9. The molecule has 0 aliphatic rings. The Kier molecular flexibility index (Phi) is 13.5. The van der Waals surface area contributed by atoms with Crippen LogP contribution in [-0.4, -0.2) is 76.3 Å². The van der Waals surface area contributed by atoms with Gasteiger partial charge in [0.2, 0.25) is 17.7 Å². The van der Waals surface area contributed by atoms with Crippen LogP contribution in [0.5, 0.6) is 0 Å². The molecule has 5 aromatic rings. The summed E-state index contributed by atoms with van der Waals surface area (Å²) in [5.74, 6) is -0.920. The predicted molar refractivity (Wildman–Crippen MR) is 196 cm³/mol. The van der Waals surface area contributed by atoms with Crippen LogP contribution < -0.4 is 11.1 Å². The van der Waals surface area contributed by atoms with Gasteiger partial charge in [-0.1, -0.05) is 121 Å². The smallest absolute Gasteiger partial charge is 0.242 e. The number of benzene rings is 4. The van der Waals surface area contributed by atoms with Crippen LogP contribution in [0.25, 0.3) is 0 Å². The van der Waals surface area contributed by atoms with Gasteiger partial charge >= 0.3 is 0 Å². The number of imidazole rings is 1. The highest BCUT2D eigenvalue weighted by atomic mass is 16.2. The van der Waals surface area contributed by atoms with Crippen molar-refractivity contribution in [1.29, 1.82) is 0 Å². The molecule has 0 fully saturated rings. The second-order valence-corrected chi connectivity index (χ2v) is 12.4. The fraction of sp³-hybridized carbons (Fsp3) is 0.268. The van der Waals surface area contributed by atoms with Crippen LogP contribution >= 0.6 is 0 Å². The molecule has 0 bridgehead atoms. The Balaban J connectivity index is 1.29. The van der Waals surface area contributed by atoms with Crippen LogP contribution in [0.4, 0.5) is 0 Å². The van der Waals surface area contributed by atoms with E-state index >= 15 is 0 Å². The van der Waals surface area contributed by atoms with Gasteiger partial charge in [-0.25, -0.2) is 4.98 Å². The fourth-order valence-electron chi connectivity index (χ4n) is 6.32. The van der Waals surface area contributed by atoms with Crippen molar-refractivity contribution in [2.75, 3.05) is 39.3 Å². The fourth-order valence-corrected chi connectivity index (χ4v) is 6.32. The number of hydrogen-bond donors (Lipinski definition) is 2. The van der Waals surface area contributed by atoms with Crippen molar-refractivity contribution in [2.45, 2.75) is 31.2 Å². The monoisotopic (exact) mass is 670 g/mol. The Morgan fingerprint density at radius 2 is 1.12 bits per heavy atom. The van der Waals surface area contributed by atoms with E-state index in [4.69, 9.17) is 5.73 Å². The number of primary amides is 1. The lowest BCUT2D eigenvalue weighted by atomic mass is 9.88. The number of carbonyl (C=O) groups is 3. The first-order valence-corrected chi connectivity index (χ1v) is 17.2. The van der Waals surface area contributed by atoms with Crippen molar-refractivity contribution >= 4 is 17.7 Å². The third-order valence-electron chi connectivity index (χ3n) is 8.95. The highest BCUT2D eigenvalue weighted by molar-refractivity contribution is 5.88. The zero-order chi connectivity index (χ0) is 35.0. The number of rotatable bonds is 19. The van der Waals surface area contributed by atoms with Gasteiger partial charge in [0, 0.05) is 43.9 Å². The number of nitrogens with zero attached hydrogens (tertiary/aromatic N) is 4. The maximum Gasteiger partial charge on any atom is 0.242 e. The van der Waals surface area contributed by atoms with E-state index in [2.05, 4.69) is 58.8 Å². The van der Waals surface area contributed by atoms with Crippen LogP contribution in [-0.2, 0) is 20.9 Å². The highest BCUT2D eigenvalue weighted by Gasteiger charge is 2.24. The Morgan fingerprint density at radius 1 is 0.640 bits per heavy atom. The summed E-state index contributed by atoms with van der Waals surface area (Å²) in [7, 11) is 0. The third kappa shape index (κ3) is 10.7. The number of carbonyl (C=O) groups excluding carboxylic acids is 3. The molecule has 1 aromatic heterocycles. The van der Waals surface area contributed by atoms with Gasteiger partial charge in [0.15, 0.2) is 0 Å². The summed E-state index contributed by atoms with van der Waals surface area (Å²) in [6.07, 6.45) is 6.52. The van der Waals surface area contributed by atoms with Crippen molar-refractivity contribution in [3.8, 4) is 0 Å². The lowest BCUT2D eigenvalue weighted by Gasteiger charge is -2.29. The summed E-state index contributed by atoms with van der Waals surface area (Å²) in [6.45, 7) is 1.35. The minimum Gasteiger partial charge on any atom is -0.368 e. The Hall–Kier alpha value is -5.54. The molecule has 0 spiro atoms. The molecule has 0 atom stereocenters. The summed E-state index contributed by atoms with van der Waals surface area (Å²) in [5.41, 5.74) is 10.3. The van der Waals surface area contributed by atoms with E-state index in [0.717, 1.165) is 17.5 Å². The molecule has 0 aliphatic heterocycles. The summed E-state index contributed by atoms with van der Waals surface area (Å²) < 4.78 is 1.83. The van der Waals surface area contributed by atoms with E-state index in [1.807, 2.05) is 77.4 Å². The molecule has 0 radical (unpaired) electrons. The molecule has 3 amide bonds. The first-order valence-electron chi connectivity index (χ1n) is 17.2. The lowest BCUT2D eigenvalue weighted by Crippen LogP contribution is -2.48. The van der Waals surface area contributed by atoms with Gasteiger partial charge in [-0.3, -0.25) is 14.4 Å². The van der Waals surface area contributed by atoms with Crippen molar-refractivity contribution in [3.63, 3.8) is 0 Å². The largest absolute Gasteiger partial charge is 0.368 e. The van der Waals surface area contributed by atoms with Gasteiger partial charge in [-0.2, -0.15) is 0 Å².